The zero-order valence-corrected chi connectivity index (χ0v) is 13.9. The van der Waals surface area contributed by atoms with Crippen LogP contribution in [0.3, 0.4) is 0 Å². The van der Waals surface area contributed by atoms with Crippen LogP contribution in [0.25, 0.3) is 11.4 Å². The zero-order chi connectivity index (χ0) is 16.9. The Morgan fingerprint density at radius 2 is 2.04 bits per heavy atom. The second-order valence-electron chi connectivity index (χ2n) is 5.74. The van der Waals surface area contributed by atoms with Crippen molar-refractivity contribution >= 4 is 5.91 Å². The highest BCUT2D eigenvalue weighted by Gasteiger charge is 2.10. The summed E-state index contributed by atoms with van der Waals surface area (Å²) in [6, 6.07) is 11.5. The summed E-state index contributed by atoms with van der Waals surface area (Å²) in [5.74, 6) is 0.810. The maximum atomic E-state index is 12.2. The van der Waals surface area contributed by atoms with Gasteiger partial charge in [-0.1, -0.05) is 17.7 Å². The van der Waals surface area contributed by atoms with Crippen molar-refractivity contribution in [3.05, 3.63) is 71.8 Å². The molecule has 0 saturated carbocycles. The average molecular weight is 320 g/mol. The van der Waals surface area contributed by atoms with E-state index in [1.165, 1.54) is 0 Å². The number of imidazole rings is 1. The van der Waals surface area contributed by atoms with Gasteiger partial charge in [0.25, 0.3) is 5.91 Å². The van der Waals surface area contributed by atoms with Gasteiger partial charge in [0.1, 0.15) is 5.82 Å². The van der Waals surface area contributed by atoms with Crippen LogP contribution in [-0.2, 0) is 6.54 Å². The van der Waals surface area contributed by atoms with Crippen LogP contribution in [0.2, 0.25) is 0 Å². The monoisotopic (exact) mass is 320 g/mol. The number of rotatable bonds is 5. The van der Waals surface area contributed by atoms with Gasteiger partial charge >= 0.3 is 0 Å². The summed E-state index contributed by atoms with van der Waals surface area (Å²) >= 11 is 0. The number of benzene rings is 1. The summed E-state index contributed by atoms with van der Waals surface area (Å²) in [6.45, 7) is 5.19. The highest BCUT2D eigenvalue weighted by atomic mass is 16.1. The molecule has 1 amide bonds. The molecule has 2 aromatic heterocycles. The fourth-order valence-corrected chi connectivity index (χ4v) is 2.64. The number of hydrogen-bond acceptors (Lipinski definition) is 3. The molecule has 2 heterocycles. The molecule has 0 saturated heterocycles. The first kappa shape index (κ1) is 15.9. The number of nitrogens with one attached hydrogen (secondary N) is 1. The van der Waals surface area contributed by atoms with Crippen molar-refractivity contribution in [2.45, 2.75) is 20.4 Å². The molecule has 0 spiro atoms. The van der Waals surface area contributed by atoms with E-state index in [1.54, 1.807) is 12.4 Å². The van der Waals surface area contributed by atoms with Crippen LogP contribution < -0.4 is 5.32 Å². The molecule has 0 unspecified atom stereocenters. The van der Waals surface area contributed by atoms with Gasteiger partial charge in [0.2, 0.25) is 0 Å². The minimum Gasteiger partial charge on any atom is -0.350 e. The number of carbonyl (C=O) groups excluding carboxylic acids is 1. The third kappa shape index (κ3) is 3.51. The van der Waals surface area contributed by atoms with E-state index in [4.69, 9.17) is 0 Å². The molecule has 3 aromatic rings. The van der Waals surface area contributed by atoms with Crippen LogP contribution in [0.1, 0.15) is 21.6 Å². The normalized spacial score (nSPS) is 10.6. The summed E-state index contributed by atoms with van der Waals surface area (Å²) in [4.78, 5) is 20.8. The third-order valence-electron chi connectivity index (χ3n) is 3.88. The molecule has 24 heavy (non-hydrogen) atoms. The largest absolute Gasteiger partial charge is 0.350 e. The SMILES string of the molecule is Cc1cccc(C(=O)NCCn2c(C)cnc2-c2cccnc2)c1. The van der Waals surface area contributed by atoms with Gasteiger partial charge < -0.3 is 9.88 Å². The van der Waals surface area contributed by atoms with Gasteiger partial charge in [-0.2, -0.15) is 0 Å². The first-order valence-corrected chi connectivity index (χ1v) is 7.92. The highest BCUT2D eigenvalue weighted by molar-refractivity contribution is 5.94. The number of carbonyl (C=O) groups is 1. The van der Waals surface area contributed by atoms with Crippen molar-refractivity contribution in [1.82, 2.24) is 19.9 Å². The van der Waals surface area contributed by atoms with Gasteiger partial charge in [-0.15, -0.1) is 0 Å². The van der Waals surface area contributed by atoms with E-state index < -0.39 is 0 Å². The second kappa shape index (κ2) is 7.08. The molecule has 0 aliphatic heterocycles. The fraction of sp³-hybridized carbons (Fsp3) is 0.211. The predicted octanol–water partition coefficient (Wildman–Crippen LogP) is 2.99. The molecule has 122 valence electrons. The van der Waals surface area contributed by atoms with Crippen LogP contribution in [0.15, 0.2) is 55.0 Å². The lowest BCUT2D eigenvalue weighted by Crippen LogP contribution is -2.27. The zero-order valence-electron chi connectivity index (χ0n) is 13.9. The van der Waals surface area contributed by atoms with Gasteiger partial charge in [0.15, 0.2) is 0 Å². The Morgan fingerprint density at radius 3 is 2.79 bits per heavy atom. The summed E-state index contributed by atoms with van der Waals surface area (Å²) in [7, 11) is 0. The topological polar surface area (TPSA) is 59.8 Å². The van der Waals surface area contributed by atoms with E-state index in [1.807, 2.05) is 56.4 Å². The van der Waals surface area contributed by atoms with Gasteiger partial charge in [-0.25, -0.2) is 4.98 Å². The van der Waals surface area contributed by atoms with Crippen LogP contribution in [-0.4, -0.2) is 27.0 Å². The lowest BCUT2D eigenvalue weighted by atomic mass is 10.1. The molecule has 0 atom stereocenters. The molecular weight excluding hydrogens is 300 g/mol. The first-order chi connectivity index (χ1) is 11.6. The van der Waals surface area contributed by atoms with E-state index in [2.05, 4.69) is 19.9 Å². The quantitative estimate of drug-likeness (QED) is 0.786. The van der Waals surface area contributed by atoms with Crippen molar-refractivity contribution in [3.63, 3.8) is 0 Å². The lowest BCUT2D eigenvalue weighted by molar-refractivity contribution is 0.0952. The van der Waals surface area contributed by atoms with E-state index in [9.17, 15) is 4.79 Å². The molecule has 1 aromatic carbocycles. The van der Waals surface area contributed by atoms with Crippen molar-refractivity contribution in [1.29, 1.82) is 0 Å². The molecule has 5 heteroatoms. The minimum absolute atomic E-state index is 0.0561. The Balaban J connectivity index is 1.67. The van der Waals surface area contributed by atoms with Crippen LogP contribution in [0.5, 0.6) is 0 Å². The molecule has 0 bridgehead atoms. The van der Waals surface area contributed by atoms with Crippen molar-refractivity contribution in [2.75, 3.05) is 6.54 Å². The molecule has 3 rings (SSSR count). The first-order valence-electron chi connectivity index (χ1n) is 7.92. The van der Waals surface area contributed by atoms with Gasteiger partial charge in [0, 0.05) is 48.5 Å². The Morgan fingerprint density at radius 1 is 1.17 bits per heavy atom. The van der Waals surface area contributed by atoms with Gasteiger partial charge in [-0.3, -0.25) is 9.78 Å². The number of nitrogens with zero attached hydrogens (tertiary/aromatic N) is 3. The predicted molar refractivity (Wildman–Crippen MR) is 93.7 cm³/mol. The lowest BCUT2D eigenvalue weighted by Gasteiger charge is -2.11. The number of aryl methyl sites for hydroxylation is 2. The Hall–Kier alpha value is -2.95. The fourth-order valence-electron chi connectivity index (χ4n) is 2.64. The van der Waals surface area contributed by atoms with Gasteiger partial charge in [-0.05, 0) is 38.1 Å². The standard InChI is InChI=1S/C19H20N4O/c1-14-5-3-6-16(11-14)19(24)21-9-10-23-15(2)12-22-18(23)17-7-4-8-20-13-17/h3-8,11-13H,9-10H2,1-2H3,(H,21,24). The van der Waals surface area contributed by atoms with Crippen molar-refractivity contribution in [2.24, 2.45) is 0 Å². The summed E-state index contributed by atoms with van der Waals surface area (Å²) in [5, 5.41) is 2.97. The maximum Gasteiger partial charge on any atom is 0.251 e. The number of amides is 1. The van der Waals surface area contributed by atoms with E-state index in [0.29, 0.717) is 18.7 Å². The van der Waals surface area contributed by atoms with Crippen LogP contribution in [0, 0.1) is 13.8 Å². The van der Waals surface area contributed by atoms with Crippen molar-refractivity contribution in [3.8, 4) is 11.4 Å². The summed E-state index contributed by atoms with van der Waals surface area (Å²) < 4.78 is 2.09. The molecule has 0 fully saturated rings. The van der Waals surface area contributed by atoms with Crippen molar-refractivity contribution < 1.29 is 4.79 Å². The molecule has 1 N–H and O–H groups in total. The number of hydrogen-bond donors (Lipinski definition) is 1. The molecule has 0 aliphatic rings. The summed E-state index contributed by atoms with van der Waals surface area (Å²) in [6.07, 6.45) is 5.38. The maximum absolute atomic E-state index is 12.2. The molecular formula is C19H20N4O. The van der Waals surface area contributed by atoms with E-state index in [0.717, 1.165) is 22.6 Å². The van der Waals surface area contributed by atoms with E-state index in [-0.39, 0.29) is 5.91 Å². The number of aromatic nitrogens is 3. The molecule has 5 nitrogen and oxygen atoms in total. The van der Waals surface area contributed by atoms with E-state index >= 15 is 0 Å². The Kier molecular flexibility index (Phi) is 4.70. The second-order valence-corrected chi connectivity index (χ2v) is 5.74. The highest BCUT2D eigenvalue weighted by Crippen LogP contribution is 2.18. The van der Waals surface area contributed by atoms with Crippen LogP contribution in [0.4, 0.5) is 0 Å². The smallest absolute Gasteiger partial charge is 0.251 e. The average Bonchev–Trinajstić information content (AvgIpc) is 2.96. The number of pyridine rings is 1. The molecule has 0 aliphatic carbocycles. The Bertz CT molecular complexity index is 840. The minimum atomic E-state index is -0.0561. The van der Waals surface area contributed by atoms with Crippen LogP contribution >= 0.6 is 0 Å². The molecule has 0 radical (unpaired) electrons. The summed E-state index contributed by atoms with van der Waals surface area (Å²) in [5.41, 5.74) is 3.78. The third-order valence-corrected chi connectivity index (χ3v) is 3.88. The van der Waals surface area contributed by atoms with Gasteiger partial charge in [0.05, 0.1) is 0 Å². The Labute approximate surface area is 141 Å².